The number of ether oxygens (including phenoxy) is 2. The second-order valence-electron chi connectivity index (χ2n) is 9.08. The molecule has 0 aromatic heterocycles. The van der Waals surface area contributed by atoms with Crippen LogP contribution in [0.3, 0.4) is 0 Å². The van der Waals surface area contributed by atoms with Crippen LogP contribution < -0.4 is 5.32 Å². The number of piperidine rings is 1. The fourth-order valence-electron chi connectivity index (χ4n) is 3.73. The van der Waals surface area contributed by atoms with Crippen LogP contribution in [0.1, 0.15) is 49.5 Å². The zero-order valence-corrected chi connectivity index (χ0v) is 18.7. The third-order valence-corrected chi connectivity index (χ3v) is 5.41. The Labute approximate surface area is 183 Å². The van der Waals surface area contributed by atoms with E-state index in [1.807, 2.05) is 32.9 Å². The Morgan fingerprint density at radius 3 is 2.39 bits per heavy atom. The molecule has 0 aliphatic carbocycles. The van der Waals surface area contributed by atoms with Gasteiger partial charge in [0.15, 0.2) is 0 Å². The molecule has 0 saturated carbocycles. The maximum atomic E-state index is 12.6. The van der Waals surface area contributed by atoms with E-state index < -0.39 is 5.60 Å². The van der Waals surface area contributed by atoms with Gasteiger partial charge < -0.3 is 24.6 Å². The quantitative estimate of drug-likeness (QED) is 0.791. The molecule has 2 aliphatic rings. The van der Waals surface area contributed by atoms with Gasteiger partial charge in [-0.25, -0.2) is 4.79 Å². The lowest BCUT2D eigenvalue weighted by atomic mass is 9.97. The molecule has 2 fully saturated rings. The minimum absolute atomic E-state index is 0.00308. The van der Waals surface area contributed by atoms with E-state index in [0.717, 1.165) is 18.4 Å². The SMILES string of the molecule is CC(C)(C)OC(=O)N1CCCC(C(=O)NCc2ccc(C(=O)N3CCOCC3)cc2)C1. The largest absolute Gasteiger partial charge is 0.444 e. The summed E-state index contributed by atoms with van der Waals surface area (Å²) in [7, 11) is 0. The Morgan fingerprint density at radius 1 is 1.06 bits per heavy atom. The van der Waals surface area contributed by atoms with Crippen LogP contribution in [0.4, 0.5) is 4.79 Å². The van der Waals surface area contributed by atoms with Gasteiger partial charge in [-0.05, 0) is 51.3 Å². The van der Waals surface area contributed by atoms with E-state index in [1.54, 1.807) is 21.9 Å². The summed E-state index contributed by atoms with van der Waals surface area (Å²) in [6.45, 7) is 9.22. The zero-order valence-electron chi connectivity index (χ0n) is 18.7. The highest BCUT2D eigenvalue weighted by Crippen LogP contribution is 2.20. The van der Waals surface area contributed by atoms with Crippen molar-refractivity contribution in [1.82, 2.24) is 15.1 Å². The predicted molar refractivity (Wildman–Crippen MR) is 116 cm³/mol. The van der Waals surface area contributed by atoms with E-state index in [1.165, 1.54) is 0 Å². The Balaban J connectivity index is 1.48. The van der Waals surface area contributed by atoms with Gasteiger partial charge in [0.2, 0.25) is 5.91 Å². The number of carbonyl (C=O) groups excluding carboxylic acids is 3. The summed E-state index contributed by atoms with van der Waals surface area (Å²) < 4.78 is 10.7. The smallest absolute Gasteiger partial charge is 0.410 e. The standard InChI is InChI=1S/C23H33N3O5/c1-23(2,3)31-22(29)26-10-4-5-19(16-26)20(27)24-15-17-6-8-18(9-7-17)21(28)25-11-13-30-14-12-25/h6-9,19H,4-5,10-16H2,1-3H3,(H,24,27). The monoisotopic (exact) mass is 431 g/mol. The molecule has 31 heavy (non-hydrogen) atoms. The lowest BCUT2D eigenvalue weighted by Crippen LogP contribution is -2.46. The van der Waals surface area contributed by atoms with Crippen molar-refractivity contribution in [2.75, 3.05) is 39.4 Å². The van der Waals surface area contributed by atoms with Crippen molar-refractivity contribution < 1.29 is 23.9 Å². The molecule has 0 radical (unpaired) electrons. The third kappa shape index (κ3) is 6.69. The molecule has 2 aliphatic heterocycles. The maximum Gasteiger partial charge on any atom is 0.410 e. The van der Waals surface area contributed by atoms with E-state index in [9.17, 15) is 14.4 Å². The van der Waals surface area contributed by atoms with Crippen LogP contribution in [-0.2, 0) is 20.8 Å². The van der Waals surface area contributed by atoms with Crippen LogP contribution in [0.25, 0.3) is 0 Å². The van der Waals surface area contributed by atoms with Gasteiger partial charge in [0, 0.05) is 38.3 Å². The number of morpholine rings is 1. The molecule has 1 unspecified atom stereocenters. The lowest BCUT2D eigenvalue weighted by Gasteiger charge is -2.33. The molecular formula is C23H33N3O5. The summed E-state index contributed by atoms with van der Waals surface area (Å²) in [5.74, 6) is -0.312. The first-order chi connectivity index (χ1) is 14.7. The first-order valence-electron chi connectivity index (χ1n) is 10.9. The first-order valence-corrected chi connectivity index (χ1v) is 10.9. The van der Waals surface area contributed by atoms with Gasteiger partial charge in [-0.15, -0.1) is 0 Å². The fourth-order valence-corrected chi connectivity index (χ4v) is 3.73. The second kappa shape index (κ2) is 10.1. The number of hydrogen-bond acceptors (Lipinski definition) is 5. The number of likely N-dealkylation sites (tertiary alicyclic amines) is 1. The highest BCUT2D eigenvalue weighted by atomic mass is 16.6. The number of carbonyl (C=O) groups is 3. The summed E-state index contributed by atoms with van der Waals surface area (Å²) in [6.07, 6.45) is 1.15. The minimum atomic E-state index is -0.554. The number of benzene rings is 1. The molecule has 2 heterocycles. The van der Waals surface area contributed by atoms with Crippen molar-refractivity contribution in [1.29, 1.82) is 0 Å². The molecule has 1 atom stereocenters. The molecule has 8 nitrogen and oxygen atoms in total. The molecule has 2 saturated heterocycles. The lowest BCUT2D eigenvalue weighted by molar-refractivity contribution is -0.126. The van der Waals surface area contributed by atoms with Crippen molar-refractivity contribution >= 4 is 17.9 Å². The summed E-state index contributed by atoms with van der Waals surface area (Å²) >= 11 is 0. The van der Waals surface area contributed by atoms with Gasteiger partial charge >= 0.3 is 6.09 Å². The molecule has 1 aromatic rings. The van der Waals surface area contributed by atoms with Gasteiger partial charge in [-0.1, -0.05) is 12.1 Å². The molecule has 1 N–H and O–H groups in total. The van der Waals surface area contributed by atoms with E-state index in [4.69, 9.17) is 9.47 Å². The van der Waals surface area contributed by atoms with Gasteiger partial charge in [-0.2, -0.15) is 0 Å². The highest BCUT2D eigenvalue weighted by molar-refractivity contribution is 5.94. The summed E-state index contributed by atoms with van der Waals surface area (Å²) in [4.78, 5) is 40.9. The normalized spacial score (nSPS) is 19.6. The number of nitrogens with one attached hydrogen (secondary N) is 1. The Morgan fingerprint density at radius 2 is 1.74 bits per heavy atom. The van der Waals surface area contributed by atoms with E-state index in [2.05, 4.69) is 5.32 Å². The minimum Gasteiger partial charge on any atom is -0.444 e. The molecule has 0 bridgehead atoms. The van der Waals surface area contributed by atoms with Crippen LogP contribution >= 0.6 is 0 Å². The van der Waals surface area contributed by atoms with Crippen LogP contribution in [0.15, 0.2) is 24.3 Å². The van der Waals surface area contributed by atoms with Crippen molar-refractivity contribution in [2.45, 2.75) is 45.8 Å². The number of rotatable bonds is 4. The first kappa shape index (κ1) is 23.1. The molecular weight excluding hydrogens is 398 g/mol. The Bertz CT molecular complexity index is 781. The number of nitrogens with zero attached hydrogens (tertiary/aromatic N) is 2. The van der Waals surface area contributed by atoms with E-state index >= 15 is 0 Å². The predicted octanol–water partition coefficient (Wildman–Crippen LogP) is 2.42. The Hall–Kier alpha value is -2.61. The average Bonchev–Trinajstić information content (AvgIpc) is 2.77. The molecule has 3 amide bonds. The number of amides is 3. The van der Waals surface area contributed by atoms with Crippen molar-refractivity contribution in [3.05, 3.63) is 35.4 Å². The van der Waals surface area contributed by atoms with Crippen LogP contribution in [0.5, 0.6) is 0 Å². The van der Waals surface area contributed by atoms with E-state index in [0.29, 0.717) is 51.5 Å². The van der Waals surface area contributed by atoms with Crippen LogP contribution in [-0.4, -0.2) is 72.7 Å². The highest BCUT2D eigenvalue weighted by Gasteiger charge is 2.31. The Kier molecular flexibility index (Phi) is 7.54. The van der Waals surface area contributed by atoms with Gasteiger partial charge in [0.1, 0.15) is 5.60 Å². The van der Waals surface area contributed by atoms with Gasteiger partial charge in [-0.3, -0.25) is 9.59 Å². The van der Waals surface area contributed by atoms with Crippen LogP contribution in [0, 0.1) is 5.92 Å². The fraction of sp³-hybridized carbons (Fsp3) is 0.609. The summed E-state index contributed by atoms with van der Waals surface area (Å²) in [5.41, 5.74) is 1.01. The second-order valence-corrected chi connectivity index (χ2v) is 9.08. The molecule has 3 rings (SSSR count). The molecule has 0 spiro atoms. The van der Waals surface area contributed by atoms with Gasteiger partial charge in [0.05, 0.1) is 19.1 Å². The third-order valence-electron chi connectivity index (χ3n) is 5.41. The molecule has 170 valence electrons. The zero-order chi connectivity index (χ0) is 22.4. The summed E-state index contributed by atoms with van der Waals surface area (Å²) in [5, 5.41) is 2.96. The van der Waals surface area contributed by atoms with Gasteiger partial charge in [0.25, 0.3) is 5.91 Å². The van der Waals surface area contributed by atoms with Crippen LogP contribution in [0.2, 0.25) is 0 Å². The van der Waals surface area contributed by atoms with Crippen molar-refractivity contribution in [3.63, 3.8) is 0 Å². The topological polar surface area (TPSA) is 88.2 Å². The molecule has 1 aromatic carbocycles. The number of hydrogen-bond donors (Lipinski definition) is 1. The van der Waals surface area contributed by atoms with Crippen molar-refractivity contribution in [2.24, 2.45) is 5.92 Å². The maximum absolute atomic E-state index is 12.6. The van der Waals surface area contributed by atoms with E-state index in [-0.39, 0.29) is 23.8 Å². The molecule has 8 heteroatoms. The summed E-state index contributed by atoms with van der Waals surface area (Å²) in [6, 6.07) is 7.32. The average molecular weight is 432 g/mol. The van der Waals surface area contributed by atoms with Crippen molar-refractivity contribution in [3.8, 4) is 0 Å².